The molecule has 0 spiro atoms. The van der Waals surface area contributed by atoms with Gasteiger partial charge in [-0.15, -0.1) is 0 Å². The van der Waals surface area contributed by atoms with Crippen molar-refractivity contribution in [1.82, 2.24) is 10.4 Å². The van der Waals surface area contributed by atoms with Crippen molar-refractivity contribution >= 4 is 16.7 Å². The zero-order chi connectivity index (χ0) is 20.0. The monoisotopic (exact) mass is 380 g/mol. The number of nitrogens with zero attached hydrogens (tertiary/aromatic N) is 1. The molecule has 1 aliphatic rings. The first kappa shape index (κ1) is 19.5. The Morgan fingerprint density at radius 3 is 2.44 bits per heavy atom. The predicted molar refractivity (Wildman–Crippen MR) is 97.2 cm³/mol. The van der Waals surface area contributed by atoms with E-state index in [1.807, 2.05) is 13.8 Å². The average Bonchev–Trinajstić information content (AvgIpc) is 2.78. The summed E-state index contributed by atoms with van der Waals surface area (Å²) in [6, 6.07) is 7.93. The molecule has 0 unspecified atom stereocenters. The Kier molecular flexibility index (Phi) is 4.84. The standard InChI is InChI=1S/C20H23F3N2O2/c1-12(2)27-14-8-9-15-13(10-14)6-5-7-16(15)18(20(21,22)23)25-19(3,4)11-17(26)24-25/h5-10,12,18H,11H2,1-4H3,(H,24,26)/t18-/m0/s1. The number of nitrogens with one attached hydrogen (secondary N) is 1. The number of alkyl halides is 3. The third-order valence-electron chi connectivity index (χ3n) is 4.61. The maximum absolute atomic E-state index is 14.1. The summed E-state index contributed by atoms with van der Waals surface area (Å²) in [5, 5.41) is 2.17. The maximum Gasteiger partial charge on any atom is 0.409 e. The Morgan fingerprint density at radius 1 is 1.19 bits per heavy atom. The fourth-order valence-electron chi connectivity index (χ4n) is 3.55. The van der Waals surface area contributed by atoms with Crippen LogP contribution in [-0.2, 0) is 4.79 Å². The quantitative estimate of drug-likeness (QED) is 0.833. The summed E-state index contributed by atoms with van der Waals surface area (Å²) >= 11 is 0. The van der Waals surface area contributed by atoms with E-state index in [0.29, 0.717) is 16.5 Å². The van der Waals surface area contributed by atoms with Gasteiger partial charge in [-0.3, -0.25) is 10.2 Å². The van der Waals surface area contributed by atoms with Crippen molar-refractivity contribution in [3.63, 3.8) is 0 Å². The van der Waals surface area contributed by atoms with Gasteiger partial charge in [-0.05, 0) is 56.2 Å². The molecular weight excluding hydrogens is 357 g/mol. The molecule has 3 rings (SSSR count). The van der Waals surface area contributed by atoms with Gasteiger partial charge in [0.2, 0.25) is 5.91 Å². The Morgan fingerprint density at radius 2 is 1.89 bits per heavy atom. The van der Waals surface area contributed by atoms with Crippen LogP contribution >= 0.6 is 0 Å². The van der Waals surface area contributed by atoms with Crippen molar-refractivity contribution in [3.05, 3.63) is 42.0 Å². The van der Waals surface area contributed by atoms with Gasteiger partial charge in [-0.1, -0.05) is 24.3 Å². The Balaban J connectivity index is 2.13. The molecule has 2 aromatic rings. The number of hydrogen-bond donors (Lipinski definition) is 1. The van der Waals surface area contributed by atoms with Gasteiger partial charge in [-0.2, -0.15) is 18.2 Å². The fraction of sp³-hybridized carbons (Fsp3) is 0.450. The largest absolute Gasteiger partial charge is 0.491 e. The maximum atomic E-state index is 14.1. The van der Waals surface area contributed by atoms with Crippen LogP contribution in [0.3, 0.4) is 0 Å². The van der Waals surface area contributed by atoms with E-state index in [-0.39, 0.29) is 18.1 Å². The number of amides is 1. The third-order valence-corrected chi connectivity index (χ3v) is 4.61. The molecule has 146 valence electrons. The van der Waals surface area contributed by atoms with Gasteiger partial charge in [0, 0.05) is 12.0 Å². The Bertz CT molecular complexity index is 862. The normalized spacial score (nSPS) is 18.7. The number of ether oxygens (including phenoxy) is 1. The summed E-state index contributed by atoms with van der Waals surface area (Å²) in [5.74, 6) is 0.190. The molecule has 1 aliphatic heterocycles. The fourth-order valence-corrected chi connectivity index (χ4v) is 3.55. The van der Waals surface area contributed by atoms with Crippen molar-refractivity contribution in [2.75, 3.05) is 0 Å². The number of rotatable bonds is 4. The summed E-state index contributed by atoms with van der Waals surface area (Å²) in [4.78, 5) is 11.8. The smallest absolute Gasteiger partial charge is 0.409 e. The molecule has 2 aromatic carbocycles. The number of carbonyl (C=O) groups excluding carboxylic acids is 1. The molecule has 0 aromatic heterocycles. The molecule has 0 bridgehead atoms. The van der Waals surface area contributed by atoms with E-state index >= 15 is 0 Å². The first-order chi connectivity index (χ1) is 12.5. The lowest BCUT2D eigenvalue weighted by Gasteiger charge is -2.38. The van der Waals surface area contributed by atoms with Gasteiger partial charge in [0.15, 0.2) is 6.04 Å². The molecule has 1 N–H and O–H groups in total. The van der Waals surface area contributed by atoms with Gasteiger partial charge in [0.1, 0.15) is 5.75 Å². The lowest BCUT2D eigenvalue weighted by molar-refractivity contribution is -0.203. The number of benzene rings is 2. The van der Waals surface area contributed by atoms with Crippen LogP contribution in [0.1, 0.15) is 45.7 Å². The molecule has 1 fully saturated rings. The molecule has 1 atom stereocenters. The van der Waals surface area contributed by atoms with Crippen molar-refractivity contribution in [2.24, 2.45) is 0 Å². The predicted octanol–water partition coefficient (Wildman–Crippen LogP) is 4.75. The van der Waals surface area contributed by atoms with Crippen LogP contribution in [0.5, 0.6) is 5.75 Å². The second-order valence-corrected chi connectivity index (χ2v) is 7.74. The van der Waals surface area contributed by atoms with Crippen LogP contribution in [0, 0.1) is 0 Å². The van der Waals surface area contributed by atoms with Crippen molar-refractivity contribution in [3.8, 4) is 5.75 Å². The number of halogens is 3. The van der Waals surface area contributed by atoms with E-state index in [2.05, 4.69) is 5.43 Å². The van der Waals surface area contributed by atoms with Gasteiger partial charge >= 0.3 is 6.18 Å². The third kappa shape index (κ3) is 3.88. The Hall–Kier alpha value is -2.28. The van der Waals surface area contributed by atoms with E-state index in [0.717, 1.165) is 5.01 Å². The summed E-state index contributed by atoms with van der Waals surface area (Å²) in [7, 11) is 0. The molecule has 1 saturated heterocycles. The molecule has 1 amide bonds. The highest BCUT2D eigenvalue weighted by Crippen LogP contribution is 2.44. The van der Waals surface area contributed by atoms with E-state index < -0.39 is 23.7 Å². The van der Waals surface area contributed by atoms with Crippen LogP contribution in [0.15, 0.2) is 36.4 Å². The number of carbonyl (C=O) groups is 1. The number of hydrogen-bond acceptors (Lipinski definition) is 3. The molecule has 0 saturated carbocycles. The highest BCUT2D eigenvalue weighted by molar-refractivity contribution is 5.87. The average molecular weight is 380 g/mol. The van der Waals surface area contributed by atoms with Crippen LogP contribution in [-0.4, -0.2) is 28.7 Å². The minimum atomic E-state index is -4.56. The molecule has 7 heteroatoms. The van der Waals surface area contributed by atoms with Gasteiger partial charge in [0.05, 0.1) is 6.10 Å². The highest BCUT2D eigenvalue weighted by atomic mass is 19.4. The molecule has 0 radical (unpaired) electrons. The highest BCUT2D eigenvalue weighted by Gasteiger charge is 2.53. The van der Waals surface area contributed by atoms with Crippen LogP contribution in [0.2, 0.25) is 0 Å². The summed E-state index contributed by atoms with van der Waals surface area (Å²) in [5.41, 5.74) is 1.55. The summed E-state index contributed by atoms with van der Waals surface area (Å²) < 4.78 is 47.9. The van der Waals surface area contributed by atoms with Crippen molar-refractivity contribution in [2.45, 2.75) is 58.0 Å². The van der Waals surface area contributed by atoms with Gasteiger partial charge < -0.3 is 4.74 Å². The first-order valence-corrected chi connectivity index (χ1v) is 8.84. The lowest BCUT2D eigenvalue weighted by atomic mass is 9.93. The SMILES string of the molecule is CC(C)Oc1ccc2c([C@H](N3NC(=O)CC3(C)C)C(F)(F)F)cccc2c1. The molecule has 27 heavy (non-hydrogen) atoms. The topological polar surface area (TPSA) is 41.6 Å². The number of fused-ring (bicyclic) bond motifs is 1. The van der Waals surface area contributed by atoms with Crippen LogP contribution in [0.4, 0.5) is 13.2 Å². The van der Waals surface area contributed by atoms with E-state index in [9.17, 15) is 18.0 Å². The molecule has 1 heterocycles. The molecule has 4 nitrogen and oxygen atoms in total. The minimum absolute atomic E-state index is 0.0106. The lowest BCUT2D eigenvalue weighted by Crippen LogP contribution is -2.51. The minimum Gasteiger partial charge on any atom is -0.491 e. The van der Waals surface area contributed by atoms with E-state index in [1.54, 1.807) is 44.2 Å². The summed E-state index contributed by atoms with van der Waals surface area (Å²) in [6.07, 6.45) is -4.58. The molecule has 0 aliphatic carbocycles. The second-order valence-electron chi connectivity index (χ2n) is 7.74. The van der Waals surface area contributed by atoms with Gasteiger partial charge in [0.25, 0.3) is 0 Å². The molecular formula is C20H23F3N2O2. The van der Waals surface area contributed by atoms with Crippen molar-refractivity contribution < 1.29 is 22.7 Å². The van der Waals surface area contributed by atoms with Crippen LogP contribution in [0.25, 0.3) is 10.8 Å². The van der Waals surface area contributed by atoms with E-state index in [4.69, 9.17) is 4.74 Å². The van der Waals surface area contributed by atoms with E-state index in [1.165, 1.54) is 6.07 Å². The summed E-state index contributed by atoms with van der Waals surface area (Å²) in [6.45, 7) is 7.03. The van der Waals surface area contributed by atoms with Gasteiger partial charge in [-0.25, -0.2) is 0 Å². The van der Waals surface area contributed by atoms with Crippen LogP contribution < -0.4 is 10.2 Å². The zero-order valence-electron chi connectivity index (χ0n) is 15.7. The zero-order valence-corrected chi connectivity index (χ0v) is 15.7. The Labute approximate surface area is 156 Å². The first-order valence-electron chi connectivity index (χ1n) is 8.84. The number of hydrazine groups is 1. The van der Waals surface area contributed by atoms with Crippen molar-refractivity contribution in [1.29, 1.82) is 0 Å². The second kappa shape index (κ2) is 6.71.